The van der Waals surface area contributed by atoms with Gasteiger partial charge in [-0.25, -0.2) is 4.98 Å². The second-order valence-electron chi connectivity index (χ2n) is 19.4. The highest BCUT2D eigenvalue weighted by atomic mass is 32.1. The van der Waals surface area contributed by atoms with Crippen LogP contribution in [0.25, 0.3) is 10.4 Å². The van der Waals surface area contributed by atoms with Crippen molar-refractivity contribution in [1.29, 1.82) is 5.26 Å². The average Bonchev–Trinajstić information content (AvgIpc) is 3.99. The number of alkyl halides is 3. The molecule has 72 heavy (non-hydrogen) atoms. The Bertz CT molecular complexity index is 2620. The highest BCUT2D eigenvalue weighted by Crippen LogP contribution is 2.43. The molecule has 0 spiro atoms. The summed E-state index contributed by atoms with van der Waals surface area (Å²) in [6, 6.07) is 15.4. The molecule has 3 heterocycles. The third-order valence-electron chi connectivity index (χ3n) is 12.3. The van der Waals surface area contributed by atoms with Gasteiger partial charge in [0, 0.05) is 42.4 Å². The number of nitrogens with one attached hydrogen (secondary N) is 2. The number of halogens is 3. The number of hydrogen-bond acceptors (Lipinski definition) is 14. The number of hydrogen-bond donors (Lipinski definition) is 4. The first kappa shape index (κ1) is 55.4. The zero-order chi connectivity index (χ0) is 52.7. The van der Waals surface area contributed by atoms with Crippen LogP contribution in [0.5, 0.6) is 11.5 Å². The number of likely N-dealkylation sites (tertiary alicyclic amines) is 1. The van der Waals surface area contributed by atoms with E-state index in [1.807, 2.05) is 45.9 Å². The Labute approximate surface area is 427 Å². The van der Waals surface area contributed by atoms with Gasteiger partial charge < -0.3 is 44.5 Å². The van der Waals surface area contributed by atoms with Crippen LogP contribution in [0.4, 0.5) is 24.5 Å². The second kappa shape index (κ2) is 23.3. The first-order valence-electron chi connectivity index (χ1n) is 23.5. The number of thiol groups is 1. The maximum Gasteiger partial charge on any atom is 0.417 e. The predicted molar refractivity (Wildman–Crippen MR) is 269 cm³/mol. The molecule has 0 saturated carbocycles. The van der Waals surface area contributed by atoms with E-state index >= 15 is 0 Å². The summed E-state index contributed by atoms with van der Waals surface area (Å²) < 4.78 is 64.8. The van der Waals surface area contributed by atoms with Crippen LogP contribution in [0.2, 0.25) is 0 Å². The van der Waals surface area contributed by atoms with E-state index in [4.69, 9.17) is 18.9 Å². The molecule has 0 aliphatic carbocycles. The summed E-state index contributed by atoms with van der Waals surface area (Å²) in [6.07, 6.45) is -5.65. The number of ether oxygens (including phenoxy) is 4. The number of anilines is 2. The molecule has 6 rings (SSSR count). The van der Waals surface area contributed by atoms with E-state index in [0.717, 1.165) is 28.3 Å². The number of aryl methyl sites for hydroxylation is 1. The Morgan fingerprint density at radius 2 is 1.60 bits per heavy atom. The number of benzene rings is 3. The lowest BCUT2D eigenvalue weighted by molar-refractivity contribution is -0.144. The molecular weight excluding hydrogens is 976 g/mol. The van der Waals surface area contributed by atoms with Gasteiger partial charge in [0.2, 0.25) is 17.7 Å². The van der Waals surface area contributed by atoms with Gasteiger partial charge in [-0.3, -0.25) is 24.1 Å². The Hall–Kier alpha value is -5.92. The van der Waals surface area contributed by atoms with Gasteiger partial charge in [-0.1, -0.05) is 46.8 Å². The van der Waals surface area contributed by atoms with Crippen molar-refractivity contribution in [2.45, 2.75) is 104 Å². The van der Waals surface area contributed by atoms with E-state index in [1.54, 1.807) is 68.4 Å². The molecular formula is C51H62F3N7O9S2. The topological polar surface area (TPSA) is 196 Å². The molecule has 3 N–H and O–H groups in total. The van der Waals surface area contributed by atoms with Crippen molar-refractivity contribution in [2.75, 3.05) is 56.0 Å². The molecule has 4 atom stereocenters. The third-order valence-corrected chi connectivity index (χ3v) is 13.7. The summed E-state index contributed by atoms with van der Waals surface area (Å²) in [6.45, 7) is 15.7. The van der Waals surface area contributed by atoms with Gasteiger partial charge in [0.05, 0.1) is 65.8 Å². The van der Waals surface area contributed by atoms with Crippen molar-refractivity contribution >= 4 is 59.0 Å². The quantitative estimate of drug-likeness (QED) is 0.0519. The molecule has 2 fully saturated rings. The van der Waals surface area contributed by atoms with Gasteiger partial charge >= 0.3 is 6.18 Å². The SMILES string of the molecule is Cc1ncsc1-c1ccc(CNC(=O)[C@@H]2C[C@@H](O)CN2C(=O)[C@@H](NC(=O)C(C)C)C(C)(C)C)c(OCCOCCOCCOc2ccc(N3C(S)N(c4ccc(C#N)c(C(F)(F)F)c4)C(=O)C3(C)C)cc2)c1. The number of nitriles is 1. The summed E-state index contributed by atoms with van der Waals surface area (Å²) in [7, 11) is 0. The van der Waals surface area contributed by atoms with Crippen LogP contribution >= 0.6 is 24.0 Å². The zero-order valence-corrected chi connectivity index (χ0v) is 43.3. The largest absolute Gasteiger partial charge is 0.491 e. The number of carbonyl (C=O) groups excluding carboxylic acids is 4. The van der Waals surface area contributed by atoms with Gasteiger partial charge in [0.15, 0.2) is 5.50 Å². The van der Waals surface area contributed by atoms with E-state index < -0.39 is 69.7 Å². The Morgan fingerprint density at radius 1 is 0.958 bits per heavy atom. The molecule has 388 valence electrons. The number of rotatable bonds is 20. The fourth-order valence-electron chi connectivity index (χ4n) is 8.37. The molecule has 3 aromatic carbocycles. The summed E-state index contributed by atoms with van der Waals surface area (Å²) >= 11 is 6.14. The van der Waals surface area contributed by atoms with E-state index in [1.165, 1.54) is 27.2 Å². The fraction of sp³-hybridized carbons (Fsp3) is 0.490. The minimum absolute atomic E-state index is 0.0346. The van der Waals surface area contributed by atoms with Crippen molar-refractivity contribution in [3.05, 3.63) is 88.6 Å². The number of nitrogens with zero attached hydrogens (tertiary/aromatic N) is 5. The lowest BCUT2D eigenvalue weighted by Gasteiger charge is -2.35. The molecule has 4 aromatic rings. The number of carbonyl (C=O) groups is 4. The standard InChI is InChI=1S/C51H62F3N7O9S2/c1-30(2)44(63)58-43(49(4,5)6)46(65)59-28-37(62)25-40(59)45(64)56-27-34-10-9-32(42-31(3)57-29-72-42)23-41(34)70-22-20-68-18-17-67-19-21-69-38-15-13-35(14-16-38)61-48(71)60(47(66)50(61,7)8)36-12-11-33(26-55)39(24-36)51(52,53)54/h9-16,23-24,29-30,37,40,43,48,62,71H,17-22,25,27-28H2,1-8H3,(H,56,64)(H,58,63)/t37-,40+,43-,48?/m1/s1. The molecule has 16 nitrogen and oxygen atoms in total. The summed E-state index contributed by atoms with van der Waals surface area (Å²) in [5.74, 6) is -0.940. The van der Waals surface area contributed by atoms with E-state index in [-0.39, 0.29) is 76.7 Å². The number of aromatic nitrogens is 1. The zero-order valence-electron chi connectivity index (χ0n) is 41.5. The lowest BCUT2D eigenvalue weighted by atomic mass is 9.85. The number of amides is 4. The predicted octanol–water partition coefficient (Wildman–Crippen LogP) is 7.11. The van der Waals surface area contributed by atoms with Crippen molar-refractivity contribution < 1.29 is 56.4 Å². The lowest BCUT2D eigenvalue weighted by Crippen LogP contribution is -2.58. The maximum atomic E-state index is 13.9. The van der Waals surface area contributed by atoms with Crippen LogP contribution < -0.4 is 29.9 Å². The van der Waals surface area contributed by atoms with E-state index in [9.17, 15) is 42.7 Å². The van der Waals surface area contributed by atoms with Crippen molar-refractivity contribution in [3.8, 4) is 28.0 Å². The molecule has 1 unspecified atom stereocenters. The van der Waals surface area contributed by atoms with Gasteiger partial charge in [-0.15, -0.1) is 24.0 Å². The number of aliphatic hydroxyl groups excluding tert-OH is 1. The number of thiazole rings is 1. The summed E-state index contributed by atoms with van der Waals surface area (Å²) in [4.78, 5) is 63.5. The van der Waals surface area contributed by atoms with Crippen molar-refractivity contribution in [2.24, 2.45) is 11.3 Å². The van der Waals surface area contributed by atoms with Gasteiger partial charge in [-0.05, 0) is 80.3 Å². The summed E-state index contributed by atoms with van der Waals surface area (Å²) in [5.41, 5.74) is 0.264. The van der Waals surface area contributed by atoms with E-state index in [0.29, 0.717) is 22.7 Å². The highest BCUT2D eigenvalue weighted by molar-refractivity contribution is 7.81. The average molecular weight is 1040 g/mol. The molecule has 0 bridgehead atoms. The minimum atomic E-state index is -4.79. The smallest absolute Gasteiger partial charge is 0.417 e. The fourth-order valence-corrected chi connectivity index (χ4v) is 9.83. The monoisotopic (exact) mass is 1040 g/mol. The first-order valence-corrected chi connectivity index (χ1v) is 24.9. The molecule has 2 saturated heterocycles. The molecule has 1 aromatic heterocycles. The van der Waals surface area contributed by atoms with Crippen LogP contribution in [0.3, 0.4) is 0 Å². The number of β-amino-alcohol motifs (C(OH)–C–C–N with tert-alkyl or cyclic N) is 1. The molecule has 21 heteroatoms. The van der Waals surface area contributed by atoms with Crippen LogP contribution in [0, 0.1) is 29.6 Å². The van der Waals surface area contributed by atoms with Crippen LogP contribution in [-0.4, -0.2) is 114 Å². The highest BCUT2D eigenvalue weighted by Gasteiger charge is 2.52. The van der Waals surface area contributed by atoms with Gasteiger partial charge in [0.1, 0.15) is 42.3 Å². The molecule has 0 radical (unpaired) electrons. The van der Waals surface area contributed by atoms with Crippen LogP contribution in [0.15, 0.2) is 66.2 Å². The van der Waals surface area contributed by atoms with Crippen LogP contribution in [0.1, 0.15) is 77.3 Å². The maximum absolute atomic E-state index is 13.9. The molecule has 2 aliphatic rings. The minimum Gasteiger partial charge on any atom is -0.491 e. The Kier molecular flexibility index (Phi) is 17.9. The van der Waals surface area contributed by atoms with Crippen molar-refractivity contribution in [1.82, 2.24) is 20.5 Å². The second-order valence-corrected chi connectivity index (χ2v) is 20.7. The van der Waals surface area contributed by atoms with Crippen LogP contribution in [-0.2, 0) is 41.4 Å². The first-order chi connectivity index (χ1) is 33.9. The molecule has 2 aliphatic heterocycles. The normalized spacial score (nSPS) is 18.3. The third kappa shape index (κ3) is 13.0. The number of aliphatic hydroxyl groups is 1. The Balaban J connectivity index is 0.966. The van der Waals surface area contributed by atoms with Gasteiger partial charge in [-0.2, -0.15) is 18.4 Å². The van der Waals surface area contributed by atoms with E-state index in [2.05, 4.69) is 28.2 Å². The summed E-state index contributed by atoms with van der Waals surface area (Å²) in [5, 5.41) is 25.6. The molecule has 4 amide bonds. The van der Waals surface area contributed by atoms with Gasteiger partial charge in [0.25, 0.3) is 5.91 Å². The Morgan fingerprint density at radius 3 is 2.19 bits per heavy atom. The van der Waals surface area contributed by atoms with Crippen molar-refractivity contribution in [3.63, 3.8) is 0 Å².